The smallest absolute Gasteiger partial charge is 0.0809 e. The van der Waals surface area contributed by atoms with Gasteiger partial charge >= 0.3 is 0 Å². The van der Waals surface area contributed by atoms with Crippen molar-refractivity contribution in [2.75, 3.05) is 19.8 Å². The molecule has 2 aliphatic heterocycles. The van der Waals surface area contributed by atoms with Gasteiger partial charge in [-0.05, 0) is 25.2 Å². The molecule has 3 unspecified atom stereocenters. The predicted octanol–water partition coefficient (Wildman–Crippen LogP) is 1.50. The summed E-state index contributed by atoms with van der Waals surface area (Å²) in [6.45, 7) is 4.47. The number of rotatable bonds is 4. The quantitative estimate of drug-likeness (QED) is 0.807. The molecule has 2 rings (SSSR count). The molecule has 1 saturated heterocycles. The highest BCUT2D eigenvalue weighted by atomic mass is 16.6. The van der Waals surface area contributed by atoms with E-state index in [0.29, 0.717) is 12.0 Å². The molecule has 4 heteroatoms. The third kappa shape index (κ3) is 3.82. The molecule has 4 nitrogen and oxygen atoms in total. The number of hydrogen-bond acceptors (Lipinski definition) is 4. The van der Waals surface area contributed by atoms with Crippen LogP contribution in [-0.2, 0) is 9.47 Å². The first-order chi connectivity index (χ1) is 8.25. The number of nitrogens with two attached hydrogens (primary N) is 1. The summed E-state index contributed by atoms with van der Waals surface area (Å²) in [5.74, 6) is 0.570. The molecule has 3 atom stereocenters. The van der Waals surface area contributed by atoms with E-state index in [1.54, 1.807) is 6.21 Å². The molecule has 0 amide bonds. The molecule has 2 heterocycles. The van der Waals surface area contributed by atoms with Crippen LogP contribution in [0.2, 0.25) is 0 Å². The average Bonchev–Trinajstić information content (AvgIpc) is 2.38. The number of nitrogens with zero attached hydrogens (tertiary/aromatic N) is 1. The number of aliphatic imine (C=N–C) groups is 1. The van der Waals surface area contributed by atoms with E-state index in [4.69, 9.17) is 15.2 Å². The number of allylic oxidation sites excluding steroid dienone is 1. The van der Waals surface area contributed by atoms with E-state index in [-0.39, 0.29) is 6.10 Å². The molecular weight excluding hydrogens is 216 g/mol. The highest BCUT2D eigenvalue weighted by molar-refractivity contribution is 5.78. The number of dihydropyridines is 1. The van der Waals surface area contributed by atoms with Crippen molar-refractivity contribution in [3.8, 4) is 0 Å². The third-order valence-electron chi connectivity index (χ3n) is 3.50. The summed E-state index contributed by atoms with van der Waals surface area (Å²) >= 11 is 0. The molecule has 0 spiro atoms. The Morgan fingerprint density at radius 2 is 2.41 bits per heavy atom. The van der Waals surface area contributed by atoms with Gasteiger partial charge in [0, 0.05) is 11.9 Å². The lowest BCUT2D eigenvalue weighted by Gasteiger charge is -2.26. The van der Waals surface area contributed by atoms with E-state index in [1.807, 2.05) is 0 Å². The van der Waals surface area contributed by atoms with Crippen LogP contribution in [0.3, 0.4) is 0 Å². The van der Waals surface area contributed by atoms with Crippen LogP contribution >= 0.6 is 0 Å². The van der Waals surface area contributed by atoms with Crippen molar-refractivity contribution in [3.63, 3.8) is 0 Å². The van der Waals surface area contributed by atoms with Crippen LogP contribution in [0.5, 0.6) is 0 Å². The van der Waals surface area contributed by atoms with Crippen molar-refractivity contribution in [2.45, 2.75) is 38.3 Å². The predicted molar refractivity (Wildman–Crippen MR) is 68.1 cm³/mol. The standard InChI is InChI=1S/C13H22N2O2/c1-10(13-5-3-11(14)8-15-13)2-4-12-9-16-6-7-17-12/h3,8,10,12-13H,2,4-7,9,14H2,1H3. The lowest BCUT2D eigenvalue weighted by atomic mass is 9.92. The zero-order valence-electron chi connectivity index (χ0n) is 10.5. The van der Waals surface area contributed by atoms with Gasteiger partial charge in [-0.3, -0.25) is 4.99 Å². The van der Waals surface area contributed by atoms with Crippen LogP contribution < -0.4 is 5.73 Å². The fourth-order valence-electron chi connectivity index (χ4n) is 2.28. The van der Waals surface area contributed by atoms with Gasteiger partial charge in [0.15, 0.2) is 0 Å². The van der Waals surface area contributed by atoms with Crippen molar-refractivity contribution >= 4 is 6.21 Å². The average molecular weight is 238 g/mol. The molecule has 0 saturated carbocycles. The molecule has 0 aromatic carbocycles. The van der Waals surface area contributed by atoms with Gasteiger partial charge in [0.1, 0.15) is 0 Å². The van der Waals surface area contributed by atoms with E-state index < -0.39 is 0 Å². The van der Waals surface area contributed by atoms with Crippen molar-refractivity contribution in [1.82, 2.24) is 0 Å². The summed E-state index contributed by atoms with van der Waals surface area (Å²) in [6, 6.07) is 0.381. The third-order valence-corrected chi connectivity index (χ3v) is 3.50. The maximum atomic E-state index is 5.66. The Labute approximate surface area is 103 Å². The second kappa shape index (κ2) is 6.17. The minimum Gasteiger partial charge on any atom is -0.398 e. The topological polar surface area (TPSA) is 56.8 Å². The Balaban J connectivity index is 1.70. The largest absolute Gasteiger partial charge is 0.398 e. The van der Waals surface area contributed by atoms with Gasteiger partial charge in [-0.1, -0.05) is 13.0 Å². The summed E-state index contributed by atoms with van der Waals surface area (Å²) in [5.41, 5.74) is 6.45. The first-order valence-corrected chi connectivity index (χ1v) is 6.44. The van der Waals surface area contributed by atoms with Crippen molar-refractivity contribution < 1.29 is 9.47 Å². The Bertz CT molecular complexity index is 296. The van der Waals surface area contributed by atoms with Crippen LogP contribution in [0.1, 0.15) is 26.2 Å². The summed E-state index contributed by atoms with van der Waals surface area (Å²) < 4.78 is 11.0. The van der Waals surface area contributed by atoms with E-state index in [2.05, 4.69) is 18.0 Å². The van der Waals surface area contributed by atoms with Gasteiger partial charge in [0.25, 0.3) is 0 Å². The monoisotopic (exact) mass is 238 g/mol. The first-order valence-electron chi connectivity index (χ1n) is 6.44. The van der Waals surface area contributed by atoms with Gasteiger partial charge < -0.3 is 15.2 Å². The number of ether oxygens (including phenoxy) is 2. The van der Waals surface area contributed by atoms with Crippen LogP contribution in [0.4, 0.5) is 0 Å². The summed E-state index contributed by atoms with van der Waals surface area (Å²) in [5, 5.41) is 0. The minimum atomic E-state index is 0.277. The Morgan fingerprint density at radius 1 is 1.53 bits per heavy atom. The molecule has 2 aliphatic rings. The van der Waals surface area contributed by atoms with Gasteiger partial charge in [0.05, 0.1) is 32.0 Å². The lowest BCUT2D eigenvalue weighted by Crippen LogP contribution is -2.30. The molecule has 17 heavy (non-hydrogen) atoms. The summed E-state index contributed by atoms with van der Waals surface area (Å²) in [4.78, 5) is 4.48. The van der Waals surface area contributed by atoms with Gasteiger partial charge in [-0.25, -0.2) is 0 Å². The second-order valence-electron chi connectivity index (χ2n) is 4.91. The zero-order chi connectivity index (χ0) is 12.1. The van der Waals surface area contributed by atoms with Crippen molar-refractivity contribution in [3.05, 3.63) is 11.8 Å². The SMILES string of the molecule is CC(CCC1COCCO1)C1CC=C(N)C=N1. The van der Waals surface area contributed by atoms with E-state index in [0.717, 1.165) is 44.8 Å². The Hall–Kier alpha value is -0.870. The van der Waals surface area contributed by atoms with Crippen LogP contribution in [-0.4, -0.2) is 38.2 Å². The van der Waals surface area contributed by atoms with Crippen molar-refractivity contribution in [2.24, 2.45) is 16.6 Å². The van der Waals surface area contributed by atoms with Gasteiger partial charge in [0.2, 0.25) is 0 Å². The van der Waals surface area contributed by atoms with E-state index >= 15 is 0 Å². The second-order valence-corrected chi connectivity index (χ2v) is 4.91. The molecular formula is C13H22N2O2. The molecule has 0 aliphatic carbocycles. The lowest BCUT2D eigenvalue weighted by molar-refractivity contribution is -0.0922. The zero-order valence-corrected chi connectivity index (χ0v) is 10.5. The van der Waals surface area contributed by atoms with Crippen LogP contribution in [0.25, 0.3) is 0 Å². The molecule has 1 fully saturated rings. The fraction of sp³-hybridized carbons (Fsp3) is 0.769. The maximum absolute atomic E-state index is 5.66. The first kappa shape index (κ1) is 12.6. The summed E-state index contributed by atoms with van der Waals surface area (Å²) in [7, 11) is 0. The molecule has 0 bridgehead atoms. The van der Waals surface area contributed by atoms with Crippen molar-refractivity contribution in [1.29, 1.82) is 0 Å². The van der Waals surface area contributed by atoms with Crippen LogP contribution in [0.15, 0.2) is 16.8 Å². The highest BCUT2D eigenvalue weighted by Crippen LogP contribution is 2.22. The molecule has 0 aromatic rings. The number of hydrogen-bond donors (Lipinski definition) is 1. The highest BCUT2D eigenvalue weighted by Gasteiger charge is 2.20. The Morgan fingerprint density at radius 3 is 3.06 bits per heavy atom. The molecule has 0 radical (unpaired) electrons. The van der Waals surface area contributed by atoms with Crippen LogP contribution in [0, 0.1) is 5.92 Å². The Kier molecular flexibility index (Phi) is 4.57. The van der Waals surface area contributed by atoms with Gasteiger partial charge in [-0.15, -0.1) is 0 Å². The van der Waals surface area contributed by atoms with E-state index in [9.17, 15) is 0 Å². The molecule has 0 aromatic heterocycles. The maximum Gasteiger partial charge on any atom is 0.0809 e. The molecule has 2 N–H and O–H groups in total. The minimum absolute atomic E-state index is 0.277. The fourth-order valence-corrected chi connectivity index (χ4v) is 2.28. The normalized spacial score (nSPS) is 31.0. The summed E-state index contributed by atoms with van der Waals surface area (Å²) in [6.07, 6.45) is 7.28. The van der Waals surface area contributed by atoms with E-state index in [1.165, 1.54) is 0 Å². The van der Waals surface area contributed by atoms with Gasteiger partial charge in [-0.2, -0.15) is 0 Å². The molecule has 96 valence electrons.